The van der Waals surface area contributed by atoms with Crippen molar-refractivity contribution in [3.63, 3.8) is 0 Å². The van der Waals surface area contributed by atoms with Gasteiger partial charge in [-0.15, -0.1) is 5.10 Å². The number of hydrogen-bond acceptors (Lipinski definition) is 4. The molecule has 1 aromatic rings. The zero-order chi connectivity index (χ0) is 6.10. The number of hydrogen-bond donors (Lipinski definition) is 0. The Labute approximate surface area is 56.8 Å². The van der Waals surface area contributed by atoms with Gasteiger partial charge in [-0.2, -0.15) is 0 Å². The second-order valence-corrected chi connectivity index (χ2v) is 2.67. The average molecular weight is 142 g/mol. The molecule has 3 nitrogen and oxygen atoms in total. The zero-order valence-electron chi connectivity index (χ0n) is 4.78. The van der Waals surface area contributed by atoms with Crippen LogP contribution >= 0.6 is 11.5 Å². The molecule has 1 saturated heterocycles. The minimum absolute atomic E-state index is 0.439. The van der Waals surface area contributed by atoms with E-state index in [2.05, 4.69) is 9.59 Å². The highest BCUT2D eigenvalue weighted by atomic mass is 32.1. The topological polar surface area (TPSA) is 38.3 Å². The number of ether oxygens (including phenoxy) is 1. The van der Waals surface area contributed by atoms with Crippen LogP contribution in [-0.2, 0) is 11.2 Å². The molecular formula is C5H6N2OS. The average Bonchev–Trinajstić information content (AvgIpc) is 2.46. The van der Waals surface area contributed by atoms with Crippen LogP contribution < -0.4 is 0 Å². The van der Waals surface area contributed by atoms with Gasteiger partial charge in [-0.25, -0.2) is 0 Å². The van der Waals surface area contributed by atoms with Crippen molar-refractivity contribution in [3.8, 4) is 0 Å². The molecule has 0 N–H and O–H groups in total. The van der Waals surface area contributed by atoms with E-state index in [0.29, 0.717) is 6.10 Å². The molecule has 0 bridgehead atoms. The van der Waals surface area contributed by atoms with Crippen LogP contribution in [0, 0.1) is 0 Å². The minimum Gasteiger partial charge on any atom is -0.373 e. The first-order valence-electron chi connectivity index (χ1n) is 2.82. The smallest absolute Gasteiger partial charge is 0.0866 e. The molecule has 0 aromatic carbocycles. The molecule has 0 radical (unpaired) electrons. The monoisotopic (exact) mass is 142 g/mol. The predicted octanol–water partition coefficient (Wildman–Crippen LogP) is 0.479. The molecule has 4 heteroatoms. The lowest BCUT2D eigenvalue weighted by atomic mass is 10.3. The van der Waals surface area contributed by atoms with E-state index in [1.54, 1.807) is 0 Å². The molecule has 1 unspecified atom stereocenters. The van der Waals surface area contributed by atoms with E-state index in [-0.39, 0.29) is 0 Å². The first kappa shape index (κ1) is 5.32. The van der Waals surface area contributed by atoms with Crippen LogP contribution in [0.15, 0.2) is 5.38 Å². The van der Waals surface area contributed by atoms with Crippen molar-refractivity contribution >= 4 is 11.5 Å². The van der Waals surface area contributed by atoms with Gasteiger partial charge in [0.05, 0.1) is 18.4 Å². The van der Waals surface area contributed by atoms with Crippen LogP contribution in [0.4, 0.5) is 0 Å². The summed E-state index contributed by atoms with van der Waals surface area (Å²) in [5.74, 6) is 0. The van der Waals surface area contributed by atoms with Crippen molar-refractivity contribution in [1.29, 1.82) is 0 Å². The summed E-state index contributed by atoms with van der Waals surface area (Å²) in [6.45, 7) is 0.900. The molecule has 1 aromatic heterocycles. The van der Waals surface area contributed by atoms with E-state index in [1.165, 1.54) is 11.5 Å². The number of epoxide rings is 1. The van der Waals surface area contributed by atoms with Crippen LogP contribution in [-0.4, -0.2) is 22.3 Å². The third-order valence-electron chi connectivity index (χ3n) is 1.24. The van der Waals surface area contributed by atoms with E-state index < -0.39 is 0 Å². The SMILES string of the molecule is c1snnc1CC1CO1. The second-order valence-electron chi connectivity index (χ2n) is 2.06. The van der Waals surface area contributed by atoms with Crippen LogP contribution in [0.1, 0.15) is 5.69 Å². The Morgan fingerprint density at radius 3 is 3.33 bits per heavy atom. The molecule has 0 spiro atoms. The van der Waals surface area contributed by atoms with Crippen LogP contribution in [0.5, 0.6) is 0 Å². The molecular weight excluding hydrogens is 136 g/mol. The number of aromatic nitrogens is 2. The van der Waals surface area contributed by atoms with Gasteiger partial charge in [-0.3, -0.25) is 0 Å². The second kappa shape index (κ2) is 2.04. The first-order chi connectivity index (χ1) is 4.45. The fraction of sp³-hybridized carbons (Fsp3) is 0.600. The zero-order valence-corrected chi connectivity index (χ0v) is 5.60. The van der Waals surface area contributed by atoms with Gasteiger partial charge in [0.2, 0.25) is 0 Å². The van der Waals surface area contributed by atoms with Crippen molar-refractivity contribution in [2.24, 2.45) is 0 Å². The number of rotatable bonds is 2. The first-order valence-corrected chi connectivity index (χ1v) is 3.66. The molecule has 1 atom stereocenters. The minimum atomic E-state index is 0.439. The van der Waals surface area contributed by atoms with Crippen molar-refractivity contribution in [1.82, 2.24) is 9.59 Å². The Bertz CT molecular complexity index is 183. The van der Waals surface area contributed by atoms with E-state index in [1.807, 2.05) is 5.38 Å². The highest BCUT2D eigenvalue weighted by molar-refractivity contribution is 7.03. The van der Waals surface area contributed by atoms with Gasteiger partial charge < -0.3 is 4.74 Å². The van der Waals surface area contributed by atoms with Crippen LogP contribution in [0.3, 0.4) is 0 Å². The molecule has 2 heterocycles. The van der Waals surface area contributed by atoms with Crippen LogP contribution in [0.25, 0.3) is 0 Å². The lowest BCUT2D eigenvalue weighted by Crippen LogP contribution is -1.92. The Kier molecular flexibility index (Phi) is 1.20. The Balaban J connectivity index is 1.99. The van der Waals surface area contributed by atoms with E-state index in [0.717, 1.165) is 18.7 Å². The largest absolute Gasteiger partial charge is 0.373 e. The van der Waals surface area contributed by atoms with Crippen LogP contribution in [0.2, 0.25) is 0 Å². The summed E-state index contributed by atoms with van der Waals surface area (Å²) in [5, 5.41) is 5.84. The maximum Gasteiger partial charge on any atom is 0.0866 e. The molecule has 2 rings (SSSR count). The third kappa shape index (κ3) is 1.25. The maximum atomic E-state index is 5.02. The van der Waals surface area contributed by atoms with Gasteiger partial charge >= 0.3 is 0 Å². The summed E-state index contributed by atoms with van der Waals surface area (Å²) in [4.78, 5) is 0. The number of nitrogens with zero attached hydrogens (tertiary/aromatic N) is 2. The molecule has 9 heavy (non-hydrogen) atoms. The summed E-state index contributed by atoms with van der Waals surface area (Å²) >= 11 is 1.39. The molecule has 48 valence electrons. The van der Waals surface area contributed by atoms with Gasteiger partial charge in [0.25, 0.3) is 0 Å². The Hall–Kier alpha value is -0.480. The summed E-state index contributed by atoms with van der Waals surface area (Å²) in [5.41, 5.74) is 1.06. The fourth-order valence-electron chi connectivity index (χ4n) is 0.692. The maximum absolute atomic E-state index is 5.02. The van der Waals surface area contributed by atoms with E-state index in [4.69, 9.17) is 4.74 Å². The van der Waals surface area contributed by atoms with Gasteiger partial charge in [0.15, 0.2) is 0 Å². The highest BCUT2D eigenvalue weighted by Gasteiger charge is 2.23. The molecule has 0 aliphatic carbocycles. The Morgan fingerprint density at radius 1 is 1.89 bits per heavy atom. The van der Waals surface area contributed by atoms with E-state index in [9.17, 15) is 0 Å². The summed E-state index contributed by atoms with van der Waals surface area (Å²) in [7, 11) is 0. The normalized spacial score (nSPS) is 24.2. The van der Waals surface area contributed by atoms with Crippen molar-refractivity contribution in [2.75, 3.05) is 6.61 Å². The van der Waals surface area contributed by atoms with Gasteiger partial charge in [-0.1, -0.05) is 4.49 Å². The summed E-state index contributed by atoms with van der Waals surface area (Å²) < 4.78 is 8.76. The van der Waals surface area contributed by atoms with Crippen molar-refractivity contribution < 1.29 is 4.74 Å². The lowest BCUT2D eigenvalue weighted by molar-refractivity contribution is 0.406. The lowest BCUT2D eigenvalue weighted by Gasteiger charge is -1.83. The molecule has 1 fully saturated rings. The van der Waals surface area contributed by atoms with Crippen molar-refractivity contribution in [3.05, 3.63) is 11.1 Å². The molecule has 1 aliphatic heterocycles. The summed E-state index contributed by atoms with van der Waals surface area (Å²) in [6.07, 6.45) is 1.38. The van der Waals surface area contributed by atoms with Gasteiger partial charge in [0.1, 0.15) is 0 Å². The van der Waals surface area contributed by atoms with Gasteiger partial charge in [0, 0.05) is 11.8 Å². The van der Waals surface area contributed by atoms with Gasteiger partial charge in [-0.05, 0) is 11.5 Å². The summed E-state index contributed by atoms with van der Waals surface area (Å²) in [6, 6.07) is 0. The Morgan fingerprint density at radius 2 is 2.78 bits per heavy atom. The van der Waals surface area contributed by atoms with E-state index >= 15 is 0 Å². The van der Waals surface area contributed by atoms with Crippen molar-refractivity contribution in [2.45, 2.75) is 12.5 Å². The third-order valence-corrected chi connectivity index (χ3v) is 1.80. The quantitative estimate of drug-likeness (QED) is 0.564. The highest BCUT2D eigenvalue weighted by Crippen LogP contribution is 2.14. The fourth-order valence-corrected chi connectivity index (χ4v) is 1.16. The molecule has 0 amide bonds. The molecule has 1 aliphatic rings. The standard InChI is InChI=1S/C5H6N2OS/c1(5-2-8-5)4-3-9-7-6-4/h3,5H,1-2H2. The predicted molar refractivity (Wildman–Crippen MR) is 33.4 cm³/mol. The molecule has 0 saturated carbocycles.